The highest BCUT2D eigenvalue weighted by atomic mass is 32.2. The molecule has 2 nitrogen and oxygen atoms in total. The molecule has 0 atom stereocenters. The fourth-order valence-electron chi connectivity index (χ4n) is 6.26. The Balaban J connectivity index is 1.16. The smallest absolute Gasteiger partial charge is 0.0542 e. The Morgan fingerprint density at radius 2 is 0.958 bits per heavy atom. The minimum atomic E-state index is 1.11. The SMILES string of the molecule is C(=C\Sc1cccc(-c2cccc(N(c3ccccc3)c3ccc4c(c3)c3ccccc3n4-c3ccccc3)c2)c1)/Sc1ccccc1. The Bertz CT molecular complexity index is 2350. The summed E-state index contributed by atoms with van der Waals surface area (Å²) in [4.78, 5) is 4.81. The van der Waals surface area contributed by atoms with Crippen molar-refractivity contribution in [3.8, 4) is 16.8 Å². The first-order chi connectivity index (χ1) is 23.8. The van der Waals surface area contributed by atoms with Gasteiger partial charge in [0.05, 0.1) is 11.0 Å². The van der Waals surface area contributed by atoms with Gasteiger partial charge in [0, 0.05) is 43.3 Å². The van der Waals surface area contributed by atoms with Gasteiger partial charge in [-0.15, -0.1) is 0 Å². The number of rotatable bonds is 9. The molecule has 1 aromatic heterocycles. The molecule has 0 bridgehead atoms. The van der Waals surface area contributed by atoms with Crippen molar-refractivity contribution in [3.05, 3.63) is 193 Å². The predicted octanol–water partition coefficient (Wildman–Crippen LogP) is 13.3. The molecule has 0 unspecified atom stereocenters. The van der Waals surface area contributed by atoms with E-state index in [4.69, 9.17) is 0 Å². The number of hydrogen-bond acceptors (Lipinski definition) is 3. The van der Waals surface area contributed by atoms with Crippen molar-refractivity contribution in [3.63, 3.8) is 0 Å². The van der Waals surface area contributed by atoms with Gasteiger partial charge in [0.25, 0.3) is 0 Å². The molecule has 0 aliphatic rings. The lowest BCUT2D eigenvalue weighted by Crippen LogP contribution is -2.09. The fourth-order valence-corrected chi connectivity index (χ4v) is 7.69. The first-order valence-corrected chi connectivity index (χ1v) is 17.8. The molecule has 8 rings (SSSR count). The van der Waals surface area contributed by atoms with Gasteiger partial charge in [-0.3, -0.25) is 0 Å². The molecular formula is C44H32N2S2. The first kappa shape index (κ1) is 29.9. The number of fused-ring (bicyclic) bond motifs is 3. The topological polar surface area (TPSA) is 8.17 Å². The molecule has 0 aliphatic heterocycles. The molecule has 0 fully saturated rings. The monoisotopic (exact) mass is 652 g/mol. The lowest BCUT2D eigenvalue weighted by Gasteiger charge is -2.26. The van der Waals surface area contributed by atoms with Crippen LogP contribution in [-0.4, -0.2) is 4.57 Å². The highest BCUT2D eigenvalue weighted by Gasteiger charge is 2.17. The largest absolute Gasteiger partial charge is 0.310 e. The van der Waals surface area contributed by atoms with Crippen LogP contribution in [0.4, 0.5) is 17.1 Å². The minimum absolute atomic E-state index is 1.11. The number of anilines is 3. The molecule has 7 aromatic carbocycles. The molecule has 0 N–H and O–H groups in total. The molecule has 4 heteroatoms. The van der Waals surface area contributed by atoms with Gasteiger partial charge in [-0.25, -0.2) is 0 Å². The third-order valence-corrected chi connectivity index (χ3v) is 10.2. The average molecular weight is 653 g/mol. The summed E-state index contributed by atoms with van der Waals surface area (Å²) < 4.78 is 2.36. The van der Waals surface area contributed by atoms with Gasteiger partial charge in [-0.05, 0) is 107 Å². The lowest BCUT2D eigenvalue weighted by molar-refractivity contribution is 1.18. The van der Waals surface area contributed by atoms with Gasteiger partial charge < -0.3 is 9.47 Å². The Morgan fingerprint density at radius 3 is 1.75 bits per heavy atom. The van der Waals surface area contributed by atoms with Crippen molar-refractivity contribution < 1.29 is 0 Å². The van der Waals surface area contributed by atoms with E-state index in [1.807, 2.05) is 6.07 Å². The highest BCUT2D eigenvalue weighted by molar-refractivity contribution is 8.05. The number of aromatic nitrogens is 1. The normalized spacial score (nSPS) is 11.4. The second kappa shape index (κ2) is 13.7. The van der Waals surface area contributed by atoms with Crippen molar-refractivity contribution >= 4 is 62.4 Å². The third kappa shape index (κ3) is 6.16. The first-order valence-electron chi connectivity index (χ1n) is 16.0. The average Bonchev–Trinajstić information content (AvgIpc) is 3.49. The molecule has 8 aromatic rings. The summed E-state index contributed by atoms with van der Waals surface area (Å²) >= 11 is 3.48. The van der Waals surface area contributed by atoms with Crippen LogP contribution in [0.2, 0.25) is 0 Å². The summed E-state index contributed by atoms with van der Waals surface area (Å²) in [6, 6.07) is 64.9. The molecule has 1 heterocycles. The highest BCUT2D eigenvalue weighted by Crippen LogP contribution is 2.40. The van der Waals surface area contributed by atoms with Crippen molar-refractivity contribution in [2.24, 2.45) is 0 Å². The van der Waals surface area contributed by atoms with Crippen LogP contribution in [-0.2, 0) is 0 Å². The fraction of sp³-hybridized carbons (Fsp3) is 0. The van der Waals surface area contributed by atoms with E-state index in [0.717, 1.165) is 22.7 Å². The van der Waals surface area contributed by atoms with Crippen LogP contribution < -0.4 is 4.90 Å². The Labute approximate surface area is 290 Å². The summed E-state index contributed by atoms with van der Waals surface area (Å²) in [6.45, 7) is 0. The van der Waals surface area contributed by atoms with Gasteiger partial charge in [0.2, 0.25) is 0 Å². The Morgan fingerprint density at radius 1 is 0.396 bits per heavy atom. The lowest BCUT2D eigenvalue weighted by atomic mass is 10.0. The maximum absolute atomic E-state index is 2.36. The second-order valence-corrected chi connectivity index (χ2v) is 13.4. The second-order valence-electron chi connectivity index (χ2n) is 11.5. The molecule has 0 aliphatic carbocycles. The van der Waals surface area contributed by atoms with Crippen LogP contribution in [0.1, 0.15) is 0 Å². The third-order valence-electron chi connectivity index (χ3n) is 8.42. The van der Waals surface area contributed by atoms with E-state index >= 15 is 0 Å². The van der Waals surface area contributed by atoms with E-state index < -0.39 is 0 Å². The van der Waals surface area contributed by atoms with Crippen LogP contribution in [0.5, 0.6) is 0 Å². The van der Waals surface area contributed by atoms with Crippen molar-refractivity contribution in [1.82, 2.24) is 4.57 Å². The number of thioether (sulfide) groups is 2. The minimum Gasteiger partial charge on any atom is -0.310 e. The zero-order chi connectivity index (χ0) is 32.1. The van der Waals surface area contributed by atoms with Crippen molar-refractivity contribution in [2.75, 3.05) is 4.90 Å². The van der Waals surface area contributed by atoms with Crippen LogP contribution in [0.15, 0.2) is 203 Å². The summed E-state index contributed by atoms with van der Waals surface area (Å²) in [5.41, 5.74) is 9.28. The number of benzene rings is 7. The molecule has 230 valence electrons. The van der Waals surface area contributed by atoms with E-state index in [1.54, 1.807) is 23.5 Å². The van der Waals surface area contributed by atoms with Gasteiger partial charge in [0.1, 0.15) is 0 Å². The van der Waals surface area contributed by atoms with Gasteiger partial charge in [0.15, 0.2) is 0 Å². The molecule has 0 amide bonds. The predicted molar refractivity (Wildman–Crippen MR) is 208 cm³/mol. The summed E-state index contributed by atoms with van der Waals surface area (Å²) in [5, 5.41) is 6.78. The van der Waals surface area contributed by atoms with Gasteiger partial charge in [-0.1, -0.05) is 121 Å². The van der Waals surface area contributed by atoms with E-state index in [9.17, 15) is 0 Å². The van der Waals surface area contributed by atoms with E-state index in [0.29, 0.717) is 0 Å². The van der Waals surface area contributed by atoms with Crippen LogP contribution in [0, 0.1) is 0 Å². The standard InChI is InChI=1S/C44H32N2S2/c1-4-16-35(17-5-1)45(38-26-27-44-42(32-38)41-24-10-11-25-43(41)46(44)36-18-6-2-7-19-36)37-20-12-14-33(30-37)34-15-13-23-40(31-34)48-29-28-47-39-21-8-3-9-22-39/h1-32H/b29-28+. The number of hydrogen-bond donors (Lipinski definition) is 0. The van der Waals surface area contributed by atoms with E-state index in [1.165, 1.54) is 42.7 Å². The molecule has 0 saturated heterocycles. The zero-order valence-electron chi connectivity index (χ0n) is 26.2. The van der Waals surface area contributed by atoms with Crippen molar-refractivity contribution in [1.29, 1.82) is 0 Å². The zero-order valence-corrected chi connectivity index (χ0v) is 27.8. The summed E-state index contributed by atoms with van der Waals surface area (Å²) in [6.07, 6.45) is 0. The Hall–Kier alpha value is -5.42. The molecule has 48 heavy (non-hydrogen) atoms. The Kier molecular flexibility index (Phi) is 8.58. The van der Waals surface area contributed by atoms with Crippen LogP contribution in [0.3, 0.4) is 0 Å². The molecule has 0 saturated carbocycles. The maximum atomic E-state index is 2.36. The molecular weight excluding hydrogens is 621 g/mol. The summed E-state index contributed by atoms with van der Waals surface area (Å²) in [7, 11) is 0. The van der Waals surface area contributed by atoms with Crippen molar-refractivity contribution in [2.45, 2.75) is 9.79 Å². The molecule has 0 radical (unpaired) electrons. The number of para-hydroxylation sites is 3. The van der Waals surface area contributed by atoms with E-state index in [2.05, 4.69) is 196 Å². The van der Waals surface area contributed by atoms with Crippen LogP contribution >= 0.6 is 23.5 Å². The van der Waals surface area contributed by atoms with Gasteiger partial charge in [-0.2, -0.15) is 0 Å². The quantitative estimate of drug-likeness (QED) is 0.144. The van der Waals surface area contributed by atoms with Gasteiger partial charge >= 0.3 is 0 Å². The van der Waals surface area contributed by atoms with E-state index in [-0.39, 0.29) is 0 Å². The molecule has 0 spiro atoms. The summed E-state index contributed by atoms with van der Waals surface area (Å²) in [5.74, 6) is 0. The maximum Gasteiger partial charge on any atom is 0.0542 e. The number of nitrogens with zero attached hydrogens (tertiary/aromatic N) is 2. The van der Waals surface area contributed by atoms with Crippen LogP contribution in [0.25, 0.3) is 38.6 Å².